The van der Waals surface area contributed by atoms with Gasteiger partial charge in [-0.1, -0.05) is 0 Å². The molecule has 28 heavy (non-hydrogen) atoms. The molecule has 156 valence electrons. The Morgan fingerprint density at radius 1 is 1.25 bits per heavy atom. The van der Waals surface area contributed by atoms with Crippen molar-refractivity contribution < 1.29 is 23.5 Å². The molecule has 0 atom stereocenters. The van der Waals surface area contributed by atoms with Gasteiger partial charge in [0, 0.05) is 26.2 Å². The molecule has 0 unspecified atom stereocenters. The zero-order valence-corrected chi connectivity index (χ0v) is 17.2. The summed E-state index contributed by atoms with van der Waals surface area (Å²) in [6, 6.07) is 4.27. The molecule has 1 heterocycles. The number of benzene rings is 1. The van der Waals surface area contributed by atoms with E-state index in [1.807, 2.05) is 20.8 Å². The van der Waals surface area contributed by atoms with E-state index in [1.54, 1.807) is 11.0 Å². The Labute approximate surface area is 166 Å². The van der Waals surface area contributed by atoms with Crippen molar-refractivity contribution in [1.82, 2.24) is 10.2 Å². The van der Waals surface area contributed by atoms with Gasteiger partial charge in [-0.3, -0.25) is 4.79 Å². The van der Waals surface area contributed by atoms with Crippen LogP contribution >= 0.6 is 0 Å². The number of piperidine rings is 1. The first kappa shape index (κ1) is 22.0. The van der Waals surface area contributed by atoms with Crippen LogP contribution in [0.15, 0.2) is 18.2 Å². The molecule has 1 saturated heterocycles. The zero-order chi connectivity index (χ0) is 20.7. The number of amides is 2. The van der Waals surface area contributed by atoms with Gasteiger partial charge in [-0.05, 0) is 64.5 Å². The van der Waals surface area contributed by atoms with Crippen LogP contribution in [0, 0.1) is 11.7 Å². The number of carbonyl (C=O) groups is 2. The van der Waals surface area contributed by atoms with Crippen molar-refractivity contribution in [1.29, 1.82) is 0 Å². The standard InChI is InChI=1S/C21H31FN2O4/c1-21(2,3)28-20(26)24-11-9-15(10-12-24)6-5-13-27-16-7-8-17(18(22)14-16)19(25)23-4/h7-8,14-15H,5-6,9-13H2,1-4H3,(H,23,25). The molecule has 1 aromatic carbocycles. The first-order chi connectivity index (χ1) is 13.2. The molecule has 0 radical (unpaired) electrons. The lowest BCUT2D eigenvalue weighted by atomic mass is 9.92. The number of likely N-dealkylation sites (tertiary alicyclic amines) is 1. The van der Waals surface area contributed by atoms with Gasteiger partial charge in [0.25, 0.3) is 5.91 Å². The van der Waals surface area contributed by atoms with Crippen LogP contribution in [0.5, 0.6) is 5.75 Å². The first-order valence-electron chi connectivity index (χ1n) is 9.82. The Kier molecular flexibility index (Phi) is 7.66. The van der Waals surface area contributed by atoms with E-state index in [0.717, 1.165) is 25.7 Å². The van der Waals surface area contributed by atoms with Gasteiger partial charge in [0.1, 0.15) is 17.2 Å². The highest BCUT2D eigenvalue weighted by Gasteiger charge is 2.26. The number of hydrogen-bond acceptors (Lipinski definition) is 4. The minimum atomic E-state index is -0.591. The summed E-state index contributed by atoms with van der Waals surface area (Å²) in [6.07, 6.45) is 3.52. The molecule has 1 aromatic rings. The summed E-state index contributed by atoms with van der Waals surface area (Å²) in [5.74, 6) is -0.0762. The molecule has 0 aliphatic carbocycles. The fourth-order valence-electron chi connectivity index (χ4n) is 3.20. The average Bonchev–Trinajstić information content (AvgIpc) is 2.64. The topological polar surface area (TPSA) is 67.9 Å². The SMILES string of the molecule is CNC(=O)c1ccc(OCCCC2CCN(C(=O)OC(C)(C)C)CC2)cc1F. The van der Waals surface area contributed by atoms with Crippen molar-refractivity contribution in [3.63, 3.8) is 0 Å². The van der Waals surface area contributed by atoms with E-state index in [4.69, 9.17) is 9.47 Å². The quantitative estimate of drug-likeness (QED) is 0.741. The van der Waals surface area contributed by atoms with Crippen LogP contribution in [0.1, 0.15) is 56.8 Å². The Morgan fingerprint density at radius 3 is 2.50 bits per heavy atom. The molecule has 0 spiro atoms. The van der Waals surface area contributed by atoms with E-state index in [-0.39, 0.29) is 11.7 Å². The third-order valence-corrected chi connectivity index (χ3v) is 4.70. The van der Waals surface area contributed by atoms with Gasteiger partial charge in [0.05, 0.1) is 12.2 Å². The minimum Gasteiger partial charge on any atom is -0.493 e. The van der Waals surface area contributed by atoms with Gasteiger partial charge in [-0.25, -0.2) is 9.18 Å². The van der Waals surface area contributed by atoms with E-state index in [0.29, 0.717) is 31.4 Å². The average molecular weight is 394 g/mol. The lowest BCUT2D eigenvalue weighted by molar-refractivity contribution is 0.0179. The Bertz CT molecular complexity index is 679. The predicted octanol–water partition coefficient (Wildman–Crippen LogP) is 3.99. The molecular weight excluding hydrogens is 363 g/mol. The number of hydrogen-bond donors (Lipinski definition) is 1. The van der Waals surface area contributed by atoms with Crippen molar-refractivity contribution in [2.45, 2.75) is 52.1 Å². The molecule has 1 aliphatic heterocycles. The maximum Gasteiger partial charge on any atom is 0.410 e. The van der Waals surface area contributed by atoms with E-state index in [1.165, 1.54) is 19.2 Å². The maximum atomic E-state index is 13.9. The number of nitrogens with zero attached hydrogens (tertiary/aromatic N) is 1. The Morgan fingerprint density at radius 2 is 1.93 bits per heavy atom. The van der Waals surface area contributed by atoms with E-state index in [2.05, 4.69) is 5.32 Å². The molecule has 7 heteroatoms. The van der Waals surface area contributed by atoms with Gasteiger partial charge >= 0.3 is 6.09 Å². The predicted molar refractivity (Wildman–Crippen MR) is 105 cm³/mol. The monoisotopic (exact) mass is 394 g/mol. The number of ether oxygens (including phenoxy) is 2. The largest absolute Gasteiger partial charge is 0.493 e. The van der Waals surface area contributed by atoms with Gasteiger partial charge in [0.2, 0.25) is 0 Å². The van der Waals surface area contributed by atoms with Gasteiger partial charge in [-0.2, -0.15) is 0 Å². The van der Waals surface area contributed by atoms with Crippen LogP contribution < -0.4 is 10.1 Å². The van der Waals surface area contributed by atoms with Crippen LogP contribution in [0.3, 0.4) is 0 Å². The van der Waals surface area contributed by atoms with Gasteiger partial charge in [-0.15, -0.1) is 0 Å². The summed E-state index contributed by atoms with van der Waals surface area (Å²) >= 11 is 0. The fraction of sp³-hybridized carbons (Fsp3) is 0.619. The minimum absolute atomic E-state index is 0.00611. The Hall–Kier alpha value is -2.31. The summed E-state index contributed by atoms with van der Waals surface area (Å²) in [5, 5.41) is 2.40. The van der Waals surface area contributed by atoms with Crippen molar-refractivity contribution in [2.75, 3.05) is 26.7 Å². The first-order valence-corrected chi connectivity index (χ1v) is 9.82. The lowest BCUT2D eigenvalue weighted by Crippen LogP contribution is -2.41. The second kappa shape index (κ2) is 9.75. The molecule has 1 N–H and O–H groups in total. The number of rotatable bonds is 6. The third kappa shape index (κ3) is 6.69. The zero-order valence-electron chi connectivity index (χ0n) is 17.2. The van der Waals surface area contributed by atoms with E-state index >= 15 is 0 Å². The molecule has 1 aliphatic rings. The number of carbonyl (C=O) groups excluding carboxylic acids is 2. The van der Waals surface area contributed by atoms with Crippen LogP contribution in [0.2, 0.25) is 0 Å². The second-order valence-electron chi connectivity index (χ2n) is 8.12. The van der Waals surface area contributed by atoms with Crippen LogP contribution in [-0.4, -0.2) is 49.2 Å². The number of halogens is 1. The molecule has 0 bridgehead atoms. The van der Waals surface area contributed by atoms with Crippen molar-refractivity contribution in [3.8, 4) is 5.75 Å². The summed E-state index contributed by atoms with van der Waals surface area (Å²) in [4.78, 5) is 25.3. The summed E-state index contributed by atoms with van der Waals surface area (Å²) < 4.78 is 24.9. The molecular formula is C21H31FN2O4. The molecule has 0 saturated carbocycles. The normalized spacial score (nSPS) is 15.2. The smallest absolute Gasteiger partial charge is 0.410 e. The summed E-state index contributed by atoms with van der Waals surface area (Å²) in [6.45, 7) is 7.53. The second-order valence-corrected chi connectivity index (χ2v) is 8.12. The molecule has 2 rings (SSSR count). The highest BCUT2D eigenvalue weighted by molar-refractivity contribution is 5.94. The Balaban J connectivity index is 1.68. The summed E-state index contributed by atoms with van der Waals surface area (Å²) in [5.41, 5.74) is -0.463. The van der Waals surface area contributed by atoms with Crippen LogP contribution in [0.4, 0.5) is 9.18 Å². The van der Waals surface area contributed by atoms with Gasteiger partial charge < -0.3 is 19.7 Å². The van der Waals surface area contributed by atoms with Crippen LogP contribution in [-0.2, 0) is 4.74 Å². The highest BCUT2D eigenvalue weighted by Crippen LogP contribution is 2.24. The summed E-state index contributed by atoms with van der Waals surface area (Å²) in [7, 11) is 1.46. The third-order valence-electron chi connectivity index (χ3n) is 4.70. The van der Waals surface area contributed by atoms with Crippen LogP contribution in [0.25, 0.3) is 0 Å². The van der Waals surface area contributed by atoms with Crippen molar-refractivity contribution >= 4 is 12.0 Å². The lowest BCUT2D eigenvalue weighted by Gasteiger charge is -2.33. The molecule has 2 amide bonds. The van der Waals surface area contributed by atoms with Crippen molar-refractivity contribution in [2.24, 2.45) is 5.92 Å². The molecule has 0 aromatic heterocycles. The molecule has 1 fully saturated rings. The van der Waals surface area contributed by atoms with Gasteiger partial charge in [0.15, 0.2) is 0 Å². The van der Waals surface area contributed by atoms with E-state index < -0.39 is 17.3 Å². The maximum absolute atomic E-state index is 13.9. The molecule has 6 nitrogen and oxygen atoms in total. The number of nitrogens with one attached hydrogen (secondary N) is 1. The highest BCUT2D eigenvalue weighted by atomic mass is 19.1. The van der Waals surface area contributed by atoms with E-state index in [9.17, 15) is 14.0 Å². The van der Waals surface area contributed by atoms with Crippen molar-refractivity contribution in [3.05, 3.63) is 29.6 Å². The fourth-order valence-corrected chi connectivity index (χ4v) is 3.20.